The maximum absolute atomic E-state index is 13.0. The SMILES string of the molecule is CCOC1CC(Nc2ccc(C#N)cc2C(F)(F)F)C1. The van der Waals surface area contributed by atoms with E-state index >= 15 is 0 Å². The van der Waals surface area contributed by atoms with Crippen molar-refractivity contribution in [2.45, 2.75) is 38.1 Å². The first-order valence-electron chi connectivity index (χ1n) is 6.43. The number of hydrogen-bond acceptors (Lipinski definition) is 3. The third-order valence-corrected chi connectivity index (χ3v) is 3.31. The molecule has 1 saturated carbocycles. The molecule has 108 valence electrons. The Balaban J connectivity index is 2.11. The predicted octanol–water partition coefficient (Wildman–Crippen LogP) is 3.56. The van der Waals surface area contributed by atoms with Crippen molar-refractivity contribution in [3.05, 3.63) is 29.3 Å². The Bertz CT molecular complexity index is 516. The van der Waals surface area contributed by atoms with Gasteiger partial charge in [-0.3, -0.25) is 0 Å². The Morgan fingerprint density at radius 3 is 2.65 bits per heavy atom. The van der Waals surface area contributed by atoms with Crippen LogP contribution < -0.4 is 5.32 Å². The average Bonchev–Trinajstić information content (AvgIpc) is 2.35. The molecule has 6 heteroatoms. The summed E-state index contributed by atoms with van der Waals surface area (Å²) in [6, 6.07) is 5.29. The van der Waals surface area contributed by atoms with Crippen LogP contribution in [0.25, 0.3) is 0 Å². The van der Waals surface area contributed by atoms with E-state index in [0.29, 0.717) is 19.4 Å². The van der Waals surface area contributed by atoms with E-state index in [2.05, 4.69) is 5.32 Å². The molecule has 0 bridgehead atoms. The van der Waals surface area contributed by atoms with Gasteiger partial charge in [0.1, 0.15) is 0 Å². The van der Waals surface area contributed by atoms with Crippen LogP contribution in [0, 0.1) is 11.3 Å². The summed E-state index contributed by atoms with van der Waals surface area (Å²) in [4.78, 5) is 0. The van der Waals surface area contributed by atoms with Gasteiger partial charge in [-0.05, 0) is 38.0 Å². The number of nitrogens with one attached hydrogen (secondary N) is 1. The van der Waals surface area contributed by atoms with Gasteiger partial charge in [0.15, 0.2) is 0 Å². The zero-order valence-corrected chi connectivity index (χ0v) is 11.0. The molecule has 0 unspecified atom stereocenters. The third kappa shape index (κ3) is 3.23. The summed E-state index contributed by atoms with van der Waals surface area (Å²) in [5.74, 6) is 0. The fourth-order valence-electron chi connectivity index (χ4n) is 2.25. The molecule has 1 aromatic rings. The topological polar surface area (TPSA) is 45.0 Å². The Labute approximate surface area is 115 Å². The molecule has 0 heterocycles. The van der Waals surface area contributed by atoms with E-state index in [-0.39, 0.29) is 23.4 Å². The molecular weight excluding hydrogens is 269 g/mol. The lowest BCUT2D eigenvalue weighted by molar-refractivity contribution is -0.137. The highest BCUT2D eigenvalue weighted by molar-refractivity contribution is 5.56. The molecule has 0 atom stereocenters. The minimum absolute atomic E-state index is 0.00340. The highest BCUT2D eigenvalue weighted by Gasteiger charge is 2.36. The van der Waals surface area contributed by atoms with Crippen molar-refractivity contribution in [3.63, 3.8) is 0 Å². The standard InChI is InChI=1S/C14H15F3N2O/c1-2-20-11-6-10(7-11)19-13-4-3-9(8-18)5-12(13)14(15,16)17/h3-5,10-11,19H,2,6-7H2,1H3. The minimum Gasteiger partial charge on any atom is -0.382 e. The Morgan fingerprint density at radius 2 is 2.10 bits per heavy atom. The molecule has 0 amide bonds. The monoisotopic (exact) mass is 284 g/mol. The molecule has 0 radical (unpaired) electrons. The quantitative estimate of drug-likeness (QED) is 0.919. The summed E-state index contributed by atoms with van der Waals surface area (Å²) in [6.07, 6.45) is -2.95. The van der Waals surface area contributed by atoms with Gasteiger partial charge in [0.05, 0.1) is 23.3 Å². The van der Waals surface area contributed by atoms with Crippen LogP contribution in [-0.2, 0) is 10.9 Å². The molecule has 1 aliphatic carbocycles. The van der Waals surface area contributed by atoms with Crippen LogP contribution in [0.4, 0.5) is 18.9 Å². The summed E-state index contributed by atoms with van der Waals surface area (Å²) >= 11 is 0. The number of ether oxygens (including phenoxy) is 1. The minimum atomic E-state index is -4.47. The highest BCUT2D eigenvalue weighted by atomic mass is 19.4. The fraction of sp³-hybridized carbons (Fsp3) is 0.500. The maximum atomic E-state index is 13.0. The lowest BCUT2D eigenvalue weighted by atomic mass is 9.88. The molecular formula is C14H15F3N2O. The molecule has 0 aliphatic heterocycles. The molecule has 1 N–H and O–H groups in total. The van der Waals surface area contributed by atoms with E-state index in [1.54, 1.807) is 6.07 Å². The maximum Gasteiger partial charge on any atom is 0.418 e. The van der Waals surface area contributed by atoms with Gasteiger partial charge in [0.25, 0.3) is 0 Å². The molecule has 1 fully saturated rings. The van der Waals surface area contributed by atoms with E-state index in [9.17, 15) is 13.2 Å². The first-order chi connectivity index (χ1) is 9.44. The number of alkyl halides is 3. The van der Waals surface area contributed by atoms with E-state index in [1.807, 2.05) is 6.92 Å². The van der Waals surface area contributed by atoms with Crippen LogP contribution in [0.2, 0.25) is 0 Å². The third-order valence-electron chi connectivity index (χ3n) is 3.31. The first-order valence-corrected chi connectivity index (χ1v) is 6.43. The number of rotatable bonds is 4. The summed E-state index contributed by atoms with van der Waals surface area (Å²) in [5.41, 5.74) is -0.767. The van der Waals surface area contributed by atoms with Gasteiger partial charge in [-0.2, -0.15) is 18.4 Å². The second-order valence-corrected chi connectivity index (χ2v) is 4.76. The van der Waals surface area contributed by atoms with E-state index < -0.39 is 11.7 Å². The second kappa shape index (κ2) is 5.71. The van der Waals surface area contributed by atoms with Crippen molar-refractivity contribution in [2.75, 3.05) is 11.9 Å². The molecule has 20 heavy (non-hydrogen) atoms. The van der Waals surface area contributed by atoms with Crippen LogP contribution in [0.3, 0.4) is 0 Å². The molecule has 1 aromatic carbocycles. The van der Waals surface area contributed by atoms with Crippen molar-refractivity contribution in [2.24, 2.45) is 0 Å². The van der Waals surface area contributed by atoms with Crippen LogP contribution in [0.5, 0.6) is 0 Å². The molecule has 3 nitrogen and oxygen atoms in total. The van der Waals surface area contributed by atoms with Crippen LogP contribution in [0.15, 0.2) is 18.2 Å². The number of nitriles is 1. The normalized spacial score (nSPS) is 21.9. The van der Waals surface area contributed by atoms with Gasteiger partial charge in [-0.25, -0.2) is 0 Å². The number of halogens is 3. The van der Waals surface area contributed by atoms with Gasteiger partial charge in [0, 0.05) is 18.3 Å². The summed E-state index contributed by atoms with van der Waals surface area (Å²) in [7, 11) is 0. The number of anilines is 1. The zero-order valence-electron chi connectivity index (χ0n) is 11.0. The second-order valence-electron chi connectivity index (χ2n) is 4.76. The molecule has 0 aromatic heterocycles. The Kier molecular flexibility index (Phi) is 4.19. The van der Waals surface area contributed by atoms with Crippen molar-refractivity contribution < 1.29 is 17.9 Å². The molecule has 0 saturated heterocycles. The number of benzene rings is 1. The van der Waals surface area contributed by atoms with Gasteiger partial charge in [-0.1, -0.05) is 0 Å². The predicted molar refractivity (Wildman–Crippen MR) is 68.2 cm³/mol. The fourth-order valence-corrected chi connectivity index (χ4v) is 2.25. The summed E-state index contributed by atoms with van der Waals surface area (Å²) < 4.78 is 44.3. The van der Waals surface area contributed by atoms with Crippen molar-refractivity contribution in [1.82, 2.24) is 0 Å². The zero-order chi connectivity index (χ0) is 14.8. The smallest absolute Gasteiger partial charge is 0.382 e. The van der Waals surface area contributed by atoms with Crippen LogP contribution in [0.1, 0.15) is 30.9 Å². The Hall–Kier alpha value is -1.74. The van der Waals surface area contributed by atoms with Crippen molar-refractivity contribution in [1.29, 1.82) is 5.26 Å². The highest BCUT2D eigenvalue weighted by Crippen LogP contribution is 2.37. The van der Waals surface area contributed by atoms with Crippen molar-refractivity contribution >= 4 is 5.69 Å². The lowest BCUT2D eigenvalue weighted by Crippen LogP contribution is -2.41. The molecule has 2 rings (SSSR count). The van der Waals surface area contributed by atoms with Gasteiger partial charge in [-0.15, -0.1) is 0 Å². The Morgan fingerprint density at radius 1 is 1.40 bits per heavy atom. The van der Waals surface area contributed by atoms with E-state index in [4.69, 9.17) is 10.00 Å². The van der Waals surface area contributed by atoms with Crippen molar-refractivity contribution in [3.8, 4) is 6.07 Å². The number of hydrogen-bond donors (Lipinski definition) is 1. The first kappa shape index (κ1) is 14.7. The van der Waals surface area contributed by atoms with Gasteiger partial charge in [0.2, 0.25) is 0 Å². The summed E-state index contributed by atoms with van der Waals surface area (Å²) in [5, 5.41) is 11.6. The van der Waals surface area contributed by atoms with Gasteiger partial charge >= 0.3 is 6.18 Å². The largest absolute Gasteiger partial charge is 0.418 e. The van der Waals surface area contributed by atoms with E-state index in [1.165, 1.54) is 12.1 Å². The number of nitrogens with zero attached hydrogens (tertiary/aromatic N) is 1. The molecule has 1 aliphatic rings. The van der Waals surface area contributed by atoms with Gasteiger partial charge < -0.3 is 10.1 Å². The van der Waals surface area contributed by atoms with Crippen LogP contribution >= 0.6 is 0 Å². The van der Waals surface area contributed by atoms with E-state index in [0.717, 1.165) is 6.07 Å². The average molecular weight is 284 g/mol. The lowest BCUT2D eigenvalue weighted by Gasteiger charge is -2.36. The summed E-state index contributed by atoms with van der Waals surface area (Å²) in [6.45, 7) is 2.51. The van der Waals surface area contributed by atoms with Crippen LogP contribution in [-0.4, -0.2) is 18.8 Å². The molecule has 0 spiro atoms.